The Morgan fingerprint density at radius 3 is 2.73 bits per heavy atom. The Balaban J connectivity index is 0.00000256. The smallest absolute Gasteiger partial charge is 0.191 e. The molecule has 2 N–H and O–H groups in total. The number of morpholine rings is 1. The highest BCUT2D eigenvalue weighted by Crippen LogP contribution is 2.33. The zero-order valence-electron chi connectivity index (χ0n) is 18.3. The topological polar surface area (TPSA) is 52.1 Å². The number of halogens is 1. The summed E-state index contributed by atoms with van der Waals surface area (Å²) in [5.74, 6) is 0.941. The highest BCUT2D eigenvalue weighted by Gasteiger charge is 2.38. The zero-order valence-corrected chi connectivity index (χ0v) is 21.5. The van der Waals surface area contributed by atoms with Crippen LogP contribution < -0.4 is 10.6 Å². The van der Waals surface area contributed by atoms with E-state index in [1.807, 2.05) is 18.4 Å². The third-order valence-electron chi connectivity index (χ3n) is 6.88. The number of hydrogen-bond donors (Lipinski definition) is 2. The van der Waals surface area contributed by atoms with Crippen molar-refractivity contribution in [1.82, 2.24) is 20.4 Å². The van der Waals surface area contributed by atoms with Crippen LogP contribution in [0, 0.1) is 0 Å². The predicted molar refractivity (Wildman–Crippen MR) is 136 cm³/mol. The molecule has 3 heterocycles. The lowest BCUT2D eigenvalue weighted by Gasteiger charge is -2.48. The van der Waals surface area contributed by atoms with E-state index in [0.29, 0.717) is 0 Å². The molecule has 2 fully saturated rings. The summed E-state index contributed by atoms with van der Waals surface area (Å²) in [6.45, 7) is 9.10. The van der Waals surface area contributed by atoms with Crippen molar-refractivity contribution in [2.24, 2.45) is 4.99 Å². The molecule has 1 aliphatic carbocycles. The summed E-state index contributed by atoms with van der Waals surface area (Å²) in [7, 11) is 1.89. The molecule has 2 aliphatic heterocycles. The molecule has 1 aromatic rings. The number of rotatable bonds is 6. The second-order valence-electron chi connectivity index (χ2n) is 8.63. The summed E-state index contributed by atoms with van der Waals surface area (Å²) < 4.78 is 5.61. The van der Waals surface area contributed by atoms with Gasteiger partial charge < -0.3 is 15.4 Å². The van der Waals surface area contributed by atoms with E-state index in [2.05, 4.69) is 36.9 Å². The van der Waals surface area contributed by atoms with E-state index >= 15 is 0 Å². The van der Waals surface area contributed by atoms with Gasteiger partial charge in [-0.2, -0.15) is 0 Å². The lowest BCUT2D eigenvalue weighted by atomic mass is 9.80. The van der Waals surface area contributed by atoms with Crippen LogP contribution in [0.15, 0.2) is 16.4 Å². The molecule has 1 saturated heterocycles. The molecule has 3 aliphatic rings. The lowest BCUT2D eigenvalue weighted by Crippen LogP contribution is -2.60. The van der Waals surface area contributed by atoms with Crippen molar-refractivity contribution >= 4 is 41.3 Å². The van der Waals surface area contributed by atoms with E-state index in [4.69, 9.17) is 4.74 Å². The third kappa shape index (κ3) is 6.09. The fourth-order valence-electron chi connectivity index (χ4n) is 5.15. The first-order valence-corrected chi connectivity index (χ1v) is 12.2. The number of aliphatic imine (C=N–C) groups is 1. The molecule has 1 aromatic heterocycles. The van der Waals surface area contributed by atoms with Crippen LogP contribution in [0.5, 0.6) is 0 Å². The molecule has 0 spiro atoms. The van der Waals surface area contributed by atoms with E-state index in [-0.39, 0.29) is 29.5 Å². The van der Waals surface area contributed by atoms with Gasteiger partial charge in [0.15, 0.2) is 5.96 Å². The number of nitrogens with one attached hydrogen (secondary N) is 2. The Labute approximate surface area is 202 Å². The molecule has 0 bridgehead atoms. The molecule has 170 valence electrons. The van der Waals surface area contributed by atoms with Crippen molar-refractivity contribution in [3.8, 4) is 0 Å². The van der Waals surface area contributed by atoms with Crippen molar-refractivity contribution in [3.05, 3.63) is 21.9 Å². The molecule has 0 unspecified atom stereocenters. The Morgan fingerprint density at radius 1 is 1.17 bits per heavy atom. The number of guanidine groups is 1. The quantitative estimate of drug-likeness (QED) is 0.326. The molecule has 1 saturated carbocycles. The van der Waals surface area contributed by atoms with Crippen molar-refractivity contribution in [1.29, 1.82) is 0 Å². The number of ether oxygens (including phenoxy) is 1. The summed E-state index contributed by atoms with van der Waals surface area (Å²) in [6.07, 6.45) is 7.82. The van der Waals surface area contributed by atoms with E-state index in [9.17, 15) is 0 Å². The number of hydrogen-bond acceptors (Lipinski definition) is 5. The molecule has 0 amide bonds. The summed E-state index contributed by atoms with van der Waals surface area (Å²) in [5, 5.41) is 9.45. The van der Waals surface area contributed by atoms with Crippen molar-refractivity contribution in [2.45, 2.75) is 50.6 Å². The van der Waals surface area contributed by atoms with Crippen molar-refractivity contribution < 1.29 is 4.74 Å². The molecule has 4 rings (SSSR count). The van der Waals surface area contributed by atoms with Gasteiger partial charge in [-0.15, -0.1) is 35.3 Å². The van der Waals surface area contributed by atoms with Crippen LogP contribution in [0.25, 0.3) is 0 Å². The molecule has 30 heavy (non-hydrogen) atoms. The van der Waals surface area contributed by atoms with Gasteiger partial charge in [0.2, 0.25) is 0 Å². The minimum Gasteiger partial charge on any atom is -0.379 e. The third-order valence-corrected chi connectivity index (χ3v) is 7.90. The van der Waals surface area contributed by atoms with Crippen LogP contribution in [-0.4, -0.2) is 80.8 Å². The summed E-state index contributed by atoms with van der Waals surface area (Å²) in [5.41, 5.74) is 1.79. The maximum atomic E-state index is 5.61. The molecule has 0 radical (unpaired) electrons. The van der Waals surface area contributed by atoms with Gasteiger partial charge in [0.25, 0.3) is 0 Å². The SMILES string of the molecule is CN=C(NCCN1CCc2sccc2C1)NCC1(N2CCOCC2)CCCCC1.I. The fraction of sp³-hybridized carbons (Fsp3) is 0.773. The highest BCUT2D eigenvalue weighted by molar-refractivity contribution is 14.0. The first-order chi connectivity index (χ1) is 14.3. The van der Waals surface area contributed by atoms with Crippen LogP contribution in [-0.2, 0) is 17.7 Å². The monoisotopic (exact) mass is 547 g/mol. The Bertz CT molecular complexity index is 670. The van der Waals surface area contributed by atoms with Gasteiger partial charge in [-0.25, -0.2) is 0 Å². The maximum Gasteiger partial charge on any atom is 0.191 e. The molecular weight excluding hydrogens is 509 g/mol. The minimum absolute atomic E-state index is 0. The normalized spacial score (nSPS) is 22.8. The molecule has 8 heteroatoms. The van der Waals surface area contributed by atoms with Gasteiger partial charge in [0.1, 0.15) is 0 Å². The van der Waals surface area contributed by atoms with Gasteiger partial charge in [0.05, 0.1) is 13.2 Å². The minimum atomic E-state index is 0. The highest BCUT2D eigenvalue weighted by atomic mass is 127. The molecular formula is C22H38IN5OS. The van der Waals surface area contributed by atoms with Crippen molar-refractivity contribution in [3.63, 3.8) is 0 Å². The van der Waals surface area contributed by atoms with Crippen LogP contribution in [0.1, 0.15) is 42.5 Å². The Morgan fingerprint density at radius 2 is 1.97 bits per heavy atom. The van der Waals surface area contributed by atoms with E-state index in [0.717, 1.165) is 58.4 Å². The Hall–Kier alpha value is -0.420. The summed E-state index contributed by atoms with van der Waals surface area (Å²) in [4.78, 5) is 11.3. The summed E-state index contributed by atoms with van der Waals surface area (Å²) in [6, 6.07) is 2.29. The van der Waals surface area contributed by atoms with Gasteiger partial charge in [-0.05, 0) is 36.3 Å². The Kier molecular flexibility index (Phi) is 9.68. The average molecular weight is 548 g/mol. The predicted octanol–water partition coefficient (Wildman–Crippen LogP) is 2.92. The van der Waals surface area contributed by atoms with Crippen LogP contribution in [0.3, 0.4) is 0 Å². The number of fused-ring (bicyclic) bond motifs is 1. The van der Waals surface area contributed by atoms with Gasteiger partial charge in [-0.1, -0.05) is 19.3 Å². The zero-order chi connectivity index (χ0) is 19.9. The fourth-order valence-corrected chi connectivity index (χ4v) is 6.04. The van der Waals surface area contributed by atoms with Gasteiger partial charge in [-0.3, -0.25) is 14.8 Å². The van der Waals surface area contributed by atoms with Gasteiger partial charge in [0, 0.05) is 63.3 Å². The largest absolute Gasteiger partial charge is 0.379 e. The van der Waals surface area contributed by atoms with Crippen LogP contribution >= 0.6 is 35.3 Å². The average Bonchev–Trinajstić information content (AvgIpc) is 3.25. The summed E-state index contributed by atoms with van der Waals surface area (Å²) >= 11 is 1.91. The number of nitrogens with zero attached hydrogens (tertiary/aromatic N) is 3. The van der Waals surface area contributed by atoms with Crippen LogP contribution in [0.4, 0.5) is 0 Å². The van der Waals surface area contributed by atoms with Gasteiger partial charge >= 0.3 is 0 Å². The molecule has 0 aromatic carbocycles. The number of thiophene rings is 1. The van der Waals surface area contributed by atoms with Crippen molar-refractivity contribution in [2.75, 3.05) is 59.5 Å². The standard InChI is InChI=1S/C22H37N5OS.HI/c1-23-21(24-9-11-26-10-5-20-19(17-26)6-16-29-20)25-18-22(7-3-2-4-8-22)27-12-14-28-15-13-27;/h6,16H,2-5,7-15,17-18H2,1H3,(H2,23,24,25);1H. The first-order valence-electron chi connectivity index (χ1n) is 11.3. The molecule has 0 atom stereocenters. The first kappa shape index (κ1) is 24.2. The molecule has 6 nitrogen and oxygen atoms in total. The maximum absolute atomic E-state index is 5.61. The second kappa shape index (κ2) is 12.0. The second-order valence-corrected chi connectivity index (χ2v) is 9.63. The van der Waals surface area contributed by atoms with E-state index in [1.165, 1.54) is 50.6 Å². The van der Waals surface area contributed by atoms with Crippen LogP contribution in [0.2, 0.25) is 0 Å². The lowest BCUT2D eigenvalue weighted by molar-refractivity contribution is -0.0352. The van der Waals surface area contributed by atoms with E-state index < -0.39 is 0 Å². The van der Waals surface area contributed by atoms with E-state index in [1.54, 1.807) is 4.88 Å².